The first-order valence-electron chi connectivity index (χ1n) is 4.14. The lowest BCUT2D eigenvalue weighted by atomic mass is 10.0. The molecule has 0 aliphatic carbocycles. The van der Waals surface area contributed by atoms with Crippen LogP contribution in [0.15, 0.2) is 12.1 Å². The van der Waals surface area contributed by atoms with Crippen LogP contribution in [-0.4, -0.2) is 22.2 Å². The van der Waals surface area contributed by atoms with E-state index in [2.05, 4.69) is 0 Å². The Hall–Kier alpha value is -0.520. The fraction of sp³-hybridized carbons (Fsp3) is 0.222. The predicted octanol–water partition coefficient (Wildman–Crippen LogP) is 1.53. The number of rotatable bonds is 3. The first kappa shape index (κ1) is 13.5. The summed E-state index contributed by atoms with van der Waals surface area (Å²) in [7, 11) is 0. The molecule has 7 heteroatoms. The molecule has 2 unspecified atom stereocenters. The third kappa shape index (κ3) is 2.78. The highest BCUT2D eigenvalue weighted by atomic mass is 35.5. The summed E-state index contributed by atoms with van der Waals surface area (Å²) in [5.41, 5.74) is 4.86. The molecular weight excluding hydrogens is 276 g/mol. The van der Waals surface area contributed by atoms with E-state index < -0.39 is 18.1 Å². The summed E-state index contributed by atoms with van der Waals surface area (Å²) in [6.07, 6.45) is -3.37. The van der Waals surface area contributed by atoms with Crippen LogP contribution in [-0.2, 0) is 4.79 Å². The summed E-state index contributed by atoms with van der Waals surface area (Å²) < 4.78 is 0. The maximum atomic E-state index is 10.7. The van der Waals surface area contributed by atoms with Crippen LogP contribution in [0.2, 0.25) is 15.1 Å². The lowest BCUT2D eigenvalue weighted by molar-refractivity contribution is -0.131. The summed E-state index contributed by atoms with van der Waals surface area (Å²) in [5, 5.41) is 19.3. The Morgan fingerprint density at radius 2 is 1.62 bits per heavy atom. The summed E-state index contributed by atoms with van der Waals surface area (Å²) in [4.78, 5) is 10.7. The number of nitrogens with two attached hydrogens (primary N) is 1. The molecule has 1 aromatic carbocycles. The fourth-order valence-electron chi connectivity index (χ4n) is 1.15. The zero-order valence-corrected chi connectivity index (χ0v) is 10.1. The summed E-state index contributed by atoms with van der Waals surface area (Å²) in [5.74, 6) is -1.07. The Morgan fingerprint density at radius 1 is 1.19 bits per heavy atom. The monoisotopic (exact) mass is 283 g/mol. The molecule has 0 saturated carbocycles. The lowest BCUT2D eigenvalue weighted by Gasteiger charge is -2.17. The third-order valence-electron chi connectivity index (χ3n) is 1.93. The van der Waals surface area contributed by atoms with Crippen LogP contribution in [0.3, 0.4) is 0 Å². The zero-order chi connectivity index (χ0) is 12.5. The van der Waals surface area contributed by atoms with Crippen molar-refractivity contribution >= 4 is 40.7 Å². The van der Waals surface area contributed by atoms with E-state index in [1.165, 1.54) is 12.1 Å². The van der Waals surface area contributed by atoms with E-state index in [4.69, 9.17) is 40.5 Å². The number of hydrogen-bond donors (Lipinski definition) is 3. The van der Waals surface area contributed by atoms with Crippen molar-refractivity contribution < 1.29 is 15.0 Å². The molecule has 0 saturated heterocycles. The number of amides is 1. The number of carbonyl (C=O) groups is 1. The normalized spacial score (nSPS) is 14.6. The third-order valence-corrected chi connectivity index (χ3v) is 2.77. The van der Waals surface area contributed by atoms with Crippen LogP contribution in [0, 0.1) is 0 Å². The van der Waals surface area contributed by atoms with E-state index in [1.807, 2.05) is 0 Å². The van der Waals surface area contributed by atoms with Gasteiger partial charge >= 0.3 is 0 Å². The van der Waals surface area contributed by atoms with E-state index in [9.17, 15) is 15.0 Å². The number of halogens is 3. The summed E-state index contributed by atoms with van der Waals surface area (Å²) in [6, 6.07) is 2.67. The van der Waals surface area contributed by atoms with Gasteiger partial charge in [-0.3, -0.25) is 4.79 Å². The van der Waals surface area contributed by atoms with E-state index >= 15 is 0 Å². The van der Waals surface area contributed by atoms with Crippen molar-refractivity contribution in [2.75, 3.05) is 0 Å². The Kier molecular flexibility index (Phi) is 4.41. The Labute approximate surface area is 107 Å². The quantitative estimate of drug-likeness (QED) is 0.787. The van der Waals surface area contributed by atoms with Crippen molar-refractivity contribution in [1.82, 2.24) is 0 Å². The molecule has 4 nitrogen and oxygen atoms in total. The standard InChI is InChI=1S/C9H8Cl3NO3/c10-3-1-4(11)6(5(12)2-3)7(14)8(15)9(13)16/h1-2,7-8,14-15H,(H2,13,16). The smallest absolute Gasteiger partial charge is 0.249 e. The zero-order valence-electron chi connectivity index (χ0n) is 7.82. The molecule has 0 spiro atoms. The van der Waals surface area contributed by atoms with Gasteiger partial charge in [-0.25, -0.2) is 0 Å². The molecule has 0 fully saturated rings. The van der Waals surface area contributed by atoms with Gasteiger partial charge in [0.2, 0.25) is 5.91 Å². The van der Waals surface area contributed by atoms with Gasteiger partial charge in [-0.15, -0.1) is 0 Å². The summed E-state index contributed by atoms with van der Waals surface area (Å²) in [6.45, 7) is 0. The van der Waals surface area contributed by atoms with Crippen LogP contribution >= 0.6 is 34.8 Å². The molecule has 2 atom stereocenters. The number of aliphatic hydroxyl groups excluding tert-OH is 2. The highest BCUT2D eigenvalue weighted by molar-refractivity contribution is 6.39. The first-order chi connectivity index (χ1) is 7.34. The highest BCUT2D eigenvalue weighted by Gasteiger charge is 2.27. The molecule has 1 amide bonds. The van der Waals surface area contributed by atoms with E-state index in [0.717, 1.165) is 0 Å². The van der Waals surface area contributed by atoms with E-state index in [1.54, 1.807) is 0 Å². The highest BCUT2D eigenvalue weighted by Crippen LogP contribution is 2.34. The van der Waals surface area contributed by atoms with Crippen molar-refractivity contribution in [2.45, 2.75) is 12.2 Å². The van der Waals surface area contributed by atoms with Crippen LogP contribution in [0.1, 0.15) is 11.7 Å². The van der Waals surface area contributed by atoms with E-state index in [0.29, 0.717) is 0 Å². The van der Waals surface area contributed by atoms with Gasteiger partial charge in [-0.2, -0.15) is 0 Å². The van der Waals surface area contributed by atoms with Gasteiger partial charge in [0.25, 0.3) is 0 Å². The molecular formula is C9H8Cl3NO3. The number of carbonyl (C=O) groups excluding carboxylic acids is 1. The first-order valence-corrected chi connectivity index (χ1v) is 5.28. The van der Waals surface area contributed by atoms with Crippen LogP contribution in [0.4, 0.5) is 0 Å². The topological polar surface area (TPSA) is 83.6 Å². The number of aliphatic hydroxyl groups is 2. The van der Waals surface area contributed by atoms with E-state index in [-0.39, 0.29) is 20.6 Å². The molecule has 0 heterocycles. The number of hydrogen-bond acceptors (Lipinski definition) is 3. The molecule has 1 aromatic rings. The largest absolute Gasteiger partial charge is 0.385 e. The van der Waals surface area contributed by atoms with Gasteiger partial charge < -0.3 is 15.9 Å². The lowest BCUT2D eigenvalue weighted by Crippen LogP contribution is -2.34. The molecule has 1 rings (SSSR count). The van der Waals surface area contributed by atoms with Crippen molar-refractivity contribution in [3.05, 3.63) is 32.8 Å². The average Bonchev–Trinajstić information content (AvgIpc) is 2.14. The van der Waals surface area contributed by atoms with Gasteiger partial charge in [0.05, 0.1) is 0 Å². The van der Waals surface area contributed by atoms with Gasteiger partial charge in [-0.05, 0) is 12.1 Å². The maximum absolute atomic E-state index is 10.7. The molecule has 4 N–H and O–H groups in total. The second-order valence-corrected chi connectivity index (χ2v) is 4.33. The molecule has 0 bridgehead atoms. The van der Waals surface area contributed by atoms with Crippen molar-refractivity contribution in [2.24, 2.45) is 5.73 Å². The molecule has 88 valence electrons. The van der Waals surface area contributed by atoms with Gasteiger partial charge in [0.1, 0.15) is 6.10 Å². The summed E-state index contributed by atoms with van der Waals surface area (Å²) >= 11 is 17.2. The van der Waals surface area contributed by atoms with Crippen molar-refractivity contribution in [3.8, 4) is 0 Å². The SMILES string of the molecule is NC(=O)C(O)C(O)c1c(Cl)cc(Cl)cc1Cl. The molecule has 16 heavy (non-hydrogen) atoms. The van der Waals surface area contributed by atoms with Gasteiger partial charge in [0.15, 0.2) is 6.10 Å². The molecule has 0 aliphatic rings. The average molecular weight is 285 g/mol. The minimum atomic E-state index is -1.78. The van der Waals surface area contributed by atoms with Crippen LogP contribution in [0.25, 0.3) is 0 Å². The van der Waals surface area contributed by atoms with Crippen LogP contribution < -0.4 is 5.73 Å². The maximum Gasteiger partial charge on any atom is 0.249 e. The number of primary amides is 1. The predicted molar refractivity (Wildman–Crippen MR) is 61.6 cm³/mol. The minimum Gasteiger partial charge on any atom is -0.385 e. The molecule has 0 aromatic heterocycles. The minimum absolute atomic E-state index is 0.0130. The fourth-order valence-corrected chi connectivity index (χ4v) is 2.19. The van der Waals surface area contributed by atoms with Gasteiger partial charge in [0, 0.05) is 20.6 Å². The Bertz CT molecular complexity index is 401. The molecule has 0 radical (unpaired) electrons. The molecule has 0 aliphatic heterocycles. The van der Waals surface area contributed by atoms with Crippen molar-refractivity contribution in [1.29, 1.82) is 0 Å². The Balaban J connectivity index is 3.18. The number of benzene rings is 1. The van der Waals surface area contributed by atoms with Crippen molar-refractivity contribution in [3.63, 3.8) is 0 Å². The second-order valence-electron chi connectivity index (χ2n) is 3.08. The van der Waals surface area contributed by atoms with Crippen LogP contribution in [0.5, 0.6) is 0 Å². The van der Waals surface area contributed by atoms with Gasteiger partial charge in [-0.1, -0.05) is 34.8 Å². The second kappa shape index (κ2) is 5.21. The Morgan fingerprint density at radius 3 is 2.00 bits per heavy atom.